The first-order chi connectivity index (χ1) is 9.16. The minimum atomic E-state index is 0.936. The number of H-pyrrole nitrogens is 1. The van der Waals surface area contributed by atoms with Gasteiger partial charge in [0, 0.05) is 28.6 Å². The summed E-state index contributed by atoms with van der Waals surface area (Å²) in [6.45, 7) is 2.00. The van der Waals surface area contributed by atoms with Gasteiger partial charge in [0.25, 0.3) is 0 Å². The van der Waals surface area contributed by atoms with E-state index in [1.807, 2.05) is 44.4 Å². The monoisotopic (exact) mass is 315 g/mol. The van der Waals surface area contributed by atoms with E-state index in [4.69, 9.17) is 0 Å². The standard InChI is InChI=1S/C15H14BrN3/c1-10-12(16)7-8-15(18-10)19(2)14-9-17-13-6-4-3-5-11(13)14/h3-9,17H,1-2H3. The molecule has 3 nitrogen and oxygen atoms in total. The molecule has 3 aromatic rings. The number of pyridine rings is 1. The van der Waals surface area contributed by atoms with Crippen LogP contribution in [0.25, 0.3) is 10.9 Å². The molecule has 0 saturated carbocycles. The van der Waals surface area contributed by atoms with Gasteiger partial charge in [-0.15, -0.1) is 0 Å². The summed E-state index contributed by atoms with van der Waals surface area (Å²) in [5, 5.41) is 1.20. The Morgan fingerprint density at radius 1 is 1.16 bits per heavy atom. The Labute approximate surface area is 120 Å². The highest BCUT2D eigenvalue weighted by Gasteiger charge is 2.11. The number of nitrogens with zero attached hydrogens (tertiary/aromatic N) is 2. The van der Waals surface area contributed by atoms with E-state index in [-0.39, 0.29) is 0 Å². The fraction of sp³-hybridized carbons (Fsp3) is 0.133. The molecule has 0 aliphatic rings. The third-order valence-electron chi connectivity index (χ3n) is 3.28. The highest BCUT2D eigenvalue weighted by molar-refractivity contribution is 9.10. The zero-order valence-corrected chi connectivity index (χ0v) is 12.4. The van der Waals surface area contributed by atoms with Gasteiger partial charge in [-0.2, -0.15) is 0 Å². The van der Waals surface area contributed by atoms with Gasteiger partial charge in [0.1, 0.15) is 5.82 Å². The molecule has 2 aromatic heterocycles. The van der Waals surface area contributed by atoms with Crippen molar-refractivity contribution in [3.63, 3.8) is 0 Å². The van der Waals surface area contributed by atoms with Gasteiger partial charge in [-0.05, 0) is 41.1 Å². The second-order valence-corrected chi connectivity index (χ2v) is 5.37. The Morgan fingerprint density at radius 3 is 2.74 bits per heavy atom. The summed E-state index contributed by atoms with van der Waals surface area (Å²) in [5.41, 5.74) is 3.26. The molecule has 96 valence electrons. The molecule has 0 radical (unpaired) electrons. The van der Waals surface area contributed by atoms with Crippen molar-refractivity contribution in [2.24, 2.45) is 0 Å². The summed E-state index contributed by atoms with van der Waals surface area (Å²) in [6, 6.07) is 12.3. The lowest BCUT2D eigenvalue weighted by atomic mass is 10.2. The molecule has 0 aliphatic carbocycles. The molecule has 0 saturated heterocycles. The maximum absolute atomic E-state index is 4.60. The van der Waals surface area contributed by atoms with Gasteiger partial charge in [0.2, 0.25) is 0 Å². The zero-order chi connectivity index (χ0) is 13.4. The SMILES string of the molecule is Cc1nc(N(C)c2c[nH]c3ccccc23)ccc1Br. The van der Waals surface area contributed by atoms with Crippen LogP contribution in [0.4, 0.5) is 11.5 Å². The van der Waals surface area contributed by atoms with E-state index in [2.05, 4.69) is 42.9 Å². The van der Waals surface area contributed by atoms with Gasteiger partial charge in [0.15, 0.2) is 0 Å². The number of aryl methyl sites for hydroxylation is 1. The van der Waals surface area contributed by atoms with Crippen LogP contribution in [0.1, 0.15) is 5.69 Å². The average molecular weight is 316 g/mol. The lowest BCUT2D eigenvalue weighted by molar-refractivity contribution is 1.09. The van der Waals surface area contributed by atoms with E-state index in [0.717, 1.165) is 27.2 Å². The molecule has 0 bridgehead atoms. The minimum absolute atomic E-state index is 0.936. The van der Waals surface area contributed by atoms with Crippen molar-refractivity contribution in [1.29, 1.82) is 0 Å². The Morgan fingerprint density at radius 2 is 1.95 bits per heavy atom. The quantitative estimate of drug-likeness (QED) is 0.760. The van der Waals surface area contributed by atoms with E-state index in [0.29, 0.717) is 0 Å². The van der Waals surface area contributed by atoms with Gasteiger partial charge in [-0.25, -0.2) is 4.98 Å². The molecule has 0 fully saturated rings. The minimum Gasteiger partial charge on any atom is -0.359 e. The largest absolute Gasteiger partial charge is 0.359 e. The molecule has 4 heteroatoms. The summed E-state index contributed by atoms with van der Waals surface area (Å²) in [7, 11) is 2.03. The van der Waals surface area contributed by atoms with Gasteiger partial charge in [0.05, 0.1) is 11.4 Å². The normalized spacial score (nSPS) is 10.9. The number of halogens is 1. The number of aromatic amines is 1. The summed E-state index contributed by atoms with van der Waals surface area (Å²) in [6.07, 6.45) is 2.02. The number of hydrogen-bond donors (Lipinski definition) is 1. The van der Waals surface area contributed by atoms with Crippen molar-refractivity contribution < 1.29 is 0 Å². The number of nitrogens with one attached hydrogen (secondary N) is 1. The van der Waals surface area contributed by atoms with Crippen molar-refractivity contribution in [2.75, 3.05) is 11.9 Å². The molecular weight excluding hydrogens is 302 g/mol. The van der Waals surface area contributed by atoms with Crippen molar-refractivity contribution in [1.82, 2.24) is 9.97 Å². The van der Waals surface area contributed by atoms with Crippen LogP contribution in [0.15, 0.2) is 47.1 Å². The first-order valence-electron chi connectivity index (χ1n) is 6.10. The van der Waals surface area contributed by atoms with E-state index in [1.165, 1.54) is 5.39 Å². The molecule has 0 spiro atoms. The number of rotatable bonds is 2. The predicted octanol–water partition coefficient (Wildman–Crippen LogP) is 4.40. The summed E-state index contributed by atoms with van der Waals surface area (Å²) < 4.78 is 1.03. The second-order valence-electron chi connectivity index (χ2n) is 4.52. The number of benzene rings is 1. The average Bonchev–Trinajstić information content (AvgIpc) is 2.85. The maximum Gasteiger partial charge on any atom is 0.133 e. The molecule has 0 atom stereocenters. The molecule has 1 N–H and O–H groups in total. The van der Waals surface area contributed by atoms with Gasteiger partial charge in [-0.3, -0.25) is 0 Å². The van der Waals surface area contributed by atoms with Gasteiger partial charge in [-0.1, -0.05) is 18.2 Å². The number of anilines is 2. The third kappa shape index (κ3) is 2.12. The molecule has 0 unspecified atom stereocenters. The first-order valence-corrected chi connectivity index (χ1v) is 6.89. The smallest absolute Gasteiger partial charge is 0.133 e. The Kier molecular flexibility index (Phi) is 3.03. The van der Waals surface area contributed by atoms with E-state index >= 15 is 0 Å². The van der Waals surface area contributed by atoms with Crippen LogP contribution in [0.2, 0.25) is 0 Å². The molecule has 19 heavy (non-hydrogen) atoms. The van der Waals surface area contributed by atoms with Crippen molar-refractivity contribution >= 4 is 38.3 Å². The molecule has 2 heterocycles. The number of hydrogen-bond acceptors (Lipinski definition) is 2. The Bertz CT molecular complexity index is 733. The summed E-state index contributed by atoms with van der Waals surface area (Å²) >= 11 is 3.48. The highest BCUT2D eigenvalue weighted by atomic mass is 79.9. The molecule has 3 rings (SSSR count). The van der Waals surface area contributed by atoms with E-state index in [9.17, 15) is 0 Å². The van der Waals surface area contributed by atoms with Crippen LogP contribution < -0.4 is 4.90 Å². The summed E-state index contributed by atoms with van der Waals surface area (Å²) in [5.74, 6) is 0.936. The lowest BCUT2D eigenvalue weighted by Gasteiger charge is -2.18. The fourth-order valence-corrected chi connectivity index (χ4v) is 2.40. The van der Waals surface area contributed by atoms with Crippen LogP contribution in [-0.2, 0) is 0 Å². The lowest BCUT2D eigenvalue weighted by Crippen LogP contribution is -2.11. The van der Waals surface area contributed by atoms with Gasteiger partial charge < -0.3 is 9.88 Å². The zero-order valence-electron chi connectivity index (χ0n) is 10.8. The van der Waals surface area contributed by atoms with Crippen molar-refractivity contribution in [3.8, 4) is 0 Å². The van der Waals surface area contributed by atoms with Crippen molar-refractivity contribution in [3.05, 3.63) is 52.8 Å². The van der Waals surface area contributed by atoms with Crippen LogP contribution in [0, 0.1) is 6.92 Å². The van der Waals surface area contributed by atoms with Crippen LogP contribution in [0.5, 0.6) is 0 Å². The molecule has 0 amide bonds. The third-order valence-corrected chi connectivity index (χ3v) is 4.12. The van der Waals surface area contributed by atoms with Crippen LogP contribution >= 0.6 is 15.9 Å². The Balaban J connectivity index is 2.08. The maximum atomic E-state index is 4.60. The van der Waals surface area contributed by atoms with Gasteiger partial charge >= 0.3 is 0 Å². The van der Waals surface area contributed by atoms with E-state index < -0.39 is 0 Å². The Hall–Kier alpha value is -1.81. The molecule has 0 aliphatic heterocycles. The molecular formula is C15H14BrN3. The van der Waals surface area contributed by atoms with Crippen LogP contribution in [-0.4, -0.2) is 17.0 Å². The molecule has 1 aromatic carbocycles. The predicted molar refractivity (Wildman–Crippen MR) is 83.0 cm³/mol. The topological polar surface area (TPSA) is 31.9 Å². The second kappa shape index (κ2) is 4.70. The number of para-hydroxylation sites is 1. The number of fused-ring (bicyclic) bond motifs is 1. The van der Waals surface area contributed by atoms with Crippen LogP contribution in [0.3, 0.4) is 0 Å². The fourth-order valence-electron chi connectivity index (χ4n) is 2.17. The summed E-state index contributed by atoms with van der Waals surface area (Å²) in [4.78, 5) is 9.98. The number of aromatic nitrogens is 2. The highest BCUT2D eigenvalue weighted by Crippen LogP contribution is 2.30. The first kappa shape index (κ1) is 12.2. The van der Waals surface area contributed by atoms with Crippen molar-refractivity contribution in [2.45, 2.75) is 6.92 Å². The van der Waals surface area contributed by atoms with E-state index in [1.54, 1.807) is 0 Å².